The second-order valence-electron chi connectivity index (χ2n) is 9.64. The minimum absolute atomic E-state index is 0.0758. The summed E-state index contributed by atoms with van der Waals surface area (Å²) in [5.41, 5.74) is 2.68. The fourth-order valence-corrected chi connectivity index (χ4v) is 4.53. The van der Waals surface area contributed by atoms with Gasteiger partial charge in [0.05, 0.1) is 30.4 Å². The van der Waals surface area contributed by atoms with Crippen LogP contribution in [-0.2, 0) is 11.3 Å². The van der Waals surface area contributed by atoms with E-state index in [4.69, 9.17) is 10.1 Å². The van der Waals surface area contributed by atoms with Gasteiger partial charge in [0, 0.05) is 18.0 Å². The zero-order valence-corrected chi connectivity index (χ0v) is 20.7. The van der Waals surface area contributed by atoms with Gasteiger partial charge < -0.3 is 25.2 Å². The summed E-state index contributed by atoms with van der Waals surface area (Å²) in [4.78, 5) is 29.0. The highest BCUT2D eigenvalue weighted by Gasteiger charge is 2.35. The number of hydrogen-bond acceptors (Lipinski definition) is 5. The maximum atomic E-state index is 13.6. The zero-order chi connectivity index (χ0) is 26.5. The van der Waals surface area contributed by atoms with Gasteiger partial charge in [0.1, 0.15) is 17.3 Å². The molecule has 1 heterocycles. The van der Waals surface area contributed by atoms with E-state index in [1.165, 1.54) is 12.1 Å². The molecule has 1 aliphatic rings. The third kappa shape index (κ3) is 6.81. The predicted molar refractivity (Wildman–Crippen MR) is 135 cm³/mol. The molecule has 1 saturated carbocycles. The van der Waals surface area contributed by atoms with Crippen LogP contribution in [0.1, 0.15) is 72.7 Å². The van der Waals surface area contributed by atoms with Crippen LogP contribution in [0.4, 0.5) is 4.39 Å². The Morgan fingerprint density at radius 2 is 1.76 bits per heavy atom. The Morgan fingerprint density at radius 1 is 1.08 bits per heavy atom. The number of halogens is 1. The second-order valence-corrected chi connectivity index (χ2v) is 9.64. The maximum absolute atomic E-state index is 13.6. The molecule has 1 aliphatic carbocycles. The van der Waals surface area contributed by atoms with Crippen LogP contribution in [0.15, 0.2) is 54.6 Å². The summed E-state index contributed by atoms with van der Waals surface area (Å²) in [6.45, 7) is 2.20. The van der Waals surface area contributed by atoms with Gasteiger partial charge in [-0.05, 0) is 62.4 Å². The van der Waals surface area contributed by atoms with Crippen LogP contribution >= 0.6 is 0 Å². The number of amides is 1. The Hall–Kier alpha value is -3.56. The van der Waals surface area contributed by atoms with E-state index in [9.17, 15) is 24.2 Å². The van der Waals surface area contributed by atoms with Crippen molar-refractivity contribution in [2.75, 3.05) is 0 Å². The number of carboxylic acid groups (broad SMARTS) is 1. The molecule has 1 aromatic heterocycles. The Balaban J connectivity index is 1.63. The Bertz CT molecular complexity index is 1220. The van der Waals surface area contributed by atoms with Gasteiger partial charge in [-0.25, -0.2) is 9.37 Å². The zero-order valence-electron chi connectivity index (χ0n) is 20.7. The van der Waals surface area contributed by atoms with Crippen LogP contribution < -0.4 is 5.32 Å². The van der Waals surface area contributed by atoms with Crippen LogP contribution in [0.3, 0.4) is 0 Å². The Kier molecular flexibility index (Phi) is 8.35. The number of rotatable bonds is 12. The normalized spacial score (nSPS) is 15.7. The lowest BCUT2D eigenvalue weighted by atomic mass is 10.1. The van der Waals surface area contributed by atoms with E-state index in [1.54, 1.807) is 12.1 Å². The molecule has 0 spiro atoms. The lowest BCUT2D eigenvalue weighted by molar-refractivity contribution is -0.139. The molecule has 8 nitrogen and oxygen atoms in total. The van der Waals surface area contributed by atoms with Crippen molar-refractivity contribution in [2.24, 2.45) is 0 Å². The van der Waals surface area contributed by atoms with E-state index in [0.717, 1.165) is 24.1 Å². The molecule has 3 atom stereocenters. The molecule has 0 saturated heterocycles. The maximum Gasteiger partial charge on any atom is 0.305 e. The van der Waals surface area contributed by atoms with Crippen molar-refractivity contribution in [1.82, 2.24) is 14.9 Å². The molecule has 0 bridgehead atoms. The van der Waals surface area contributed by atoms with Gasteiger partial charge in [-0.2, -0.15) is 0 Å². The fraction of sp³-hybridized carbons (Fsp3) is 0.393. The first-order valence-electron chi connectivity index (χ1n) is 12.5. The number of aromatic nitrogens is 2. The number of aliphatic carboxylic acids is 1. The molecular formula is C28H32FN3O5. The fourth-order valence-electron chi connectivity index (χ4n) is 4.53. The van der Waals surface area contributed by atoms with E-state index in [-0.39, 0.29) is 36.5 Å². The standard InChI is InChI=1S/C28H32FN3O5/c1-17(18-5-3-2-4-6-18)30-28(37)25-26(19-7-8-19)32(14-13-22(33)15-23(34)16-24(35)36)27(31-25)20-9-11-21(29)12-10-20/h2-6,9-12,17,19,22-23,33-34H,7-8,13-16H2,1H3,(H,30,37)(H,35,36). The van der Waals surface area contributed by atoms with Gasteiger partial charge in [-0.15, -0.1) is 0 Å². The van der Waals surface area contributed by atoms with Gasteiger partial charge in [0.15, 0.2) is 0 Å². The van der Waals surface area contributed by atoms with Gasteiger partial charge in [-0.1, -0.05) is 30.3 Å². The number of aliphatic hydroxyl groups is 2. The number of benzene rings is 2. The van der Waals surface area contributed by atoms with E-state index in [2.05, 4.69) is 5.32 Å². The number of imidazole rings is 1. The first-order chi connectivity index (χ1) is 17.7. The smallest absolute Gasteiger partial charge is 0.305 e. The number of carboxylic acids is 1. The molecule has 1 amide bonds. The molecule has 2 aromatic carbocycles. The van der Waals surface area contributed by atoms with E-state index in [0.29, 0.717) is 23.6 Å². The summed E-state index contributed by atoms with van der Waals surface area (Å²) in [5, 5.41) is 32.3. The number of hydrogen-bond donors (Lipinski definition) is 4. The first-order valence-corrected chi connectivity index (χ1v) is 12.5. The number of nitrogens with one attached hydrogen (secondary N) is 1. The molecule has 0 aliphatic heterocycles. The molecular weight excluding hydrogens is 477 g/mol. The summed E-state index contributed by atoms with van der Waals surface area (Å²) in [5.74, 6) is -1.19. The van der Waals surface area contributed by atoms with Crippen molar-refractivity contribution < 1.29 is 29.3 Å². The van der Waals surface area contributed by atoms with Crippen LogP contribution in [0.5, 0.6) is 0 Å². The average Bonchev–Trinajstić information content (AvgIpc) is 3.63. The minimum atomic E-state index is -1.16. The molecule has 9 heteroatoms. The average molecular weight is 510 g/mol. The predicted octanol–water partition coefficient (Wildman–Crippen LogP) is 4.03. The molecule has 4 N–H and O–H groups in total. The van der Waals surface area contributed by atoms with Crippen LogP contribution in [0.2, 0.25) is 0 Å². The Labute approximate surface area is 214 Å². The van der Waals surface area contributed by atoms with Gasteiger partial charge >= 0.3 is 5.97 Å². The SMILES string of the molecule is CC(NC(=O)c1nc(-c2ccc(F)cc2)n(CCC(O)CC(O)CC(=O)O)c1C1CC1)c1ccccc1. The number of carbonyl (C=O) groups excluding carboxylic acids is 1. The largest absolute Gasteiger partial charge is 0.481 e. The third-order valence-electron chi connectivity index (χ3n) is 6.58. The highest BCUT2D eigenvalue weighted by atomic mass is 19.1. The van der Waals surface area contributed by atoms with Crippen molar-refractivity contribution in [3.8, 4) is 11.4 Å². The third-order valence-corrected chi connectivity index (χ3v) is 6.58. The number of nitrogens with zero attached hydrogens (tertiary/aromatic N) is 2. The Morgan fingerprint density at radius 3 is 2.38 bits per heavy atom. The number of carbonyl (C=O) groups is 2. The highest BCUT2D eigenvalue weighted by molar-refractivity contribution is 5.95. The van der Waals surface area contributed by atoms with Crippen molar-refractivity contribution >= 4 is 11.9 Å². The van der Waals surface area contributed by atoms with Crippen molar-refractivity contribution in [1.29, 1.82) is 0 Å². The lowest BCUT2D eigenvalue weighted by Crippen LogP contribution is -2.28. The van der Waals surface area contributed by atoms with Crippen LogP contribution in [0.25, 0.3) is 11.4 Å². The summed E-state index contributed by atoms with van der Waals surface area (Å²) >= 11 is 0. The van der Waals surface area contributed by atoms with Gasteiger partial charge in [-0.3, -0.25) is 9.59 Å². The molecule has 37 heavy (non-hydrogen) atoms. The van der Waals surface area contributed by atoms with Crippen LogP contribution in [-0.4, -0.2) is 49.0 Å². The van der Waals surface area contributed by atoms with Crippen LogP contribution in [0, 0.1) is 5.82 Å². The van der Waals surface area contributed by atoms with Gasteiger partial charge in [0.2, 0.25) is 0 Å². The molecule has 1 fully saturated rings. The highest BCUT2D eigenvalue weighted by Crippen LogP contribution is 2.43. The second kappa shape index (κ2) is 11.7. The van der Waals surface area contributed by atoms with E-state index < -0.39 is 24.6 Å². The summed E-state index contributed by atoms with van der Waals surface area (Å²) in [6, 6.07) is 15.2. The summed E-state index contributed by atoms with van der Waals surface area (Å²) in [7, 11) is 0. The molecule has 4 rings (SSSR count). The topological polar surface area (TPSA) is 125 Å². The molecule has 3 aromatic rings. The number of aliphatic hydroxyl groups excluding tert-OH is 2. The lowest BCUT2D eigenvalue weighted by Gasteiger charge is -2.18. The summed E-state index contributed by atoms with van der Waals surface area (Å²) < 4.78 is 15.5. The van der Waals surface area contributed by atoms with Gasteiger partial charge in [0.25, 0.3) is 5.91 Å². The van der Waals surface area contributed by atoms with E-state index >= 15 is 0 Å². The van der Waals surface area contributed by atoms with E-state index in [1.807, 2.05) is 41.8 Å². The molecule has 3 unspecified atom stereocenters. The van der Waals surface area contributed by atoms with Crippen molar-refractivity contribution in [2.45, 2.75) is 69.7 Å². The quantitative estimate of drug-likeness (QED) is 0.292. The van der Waals surface area contributed by atoms with Crippen molar-refractivity contribution in [3.05, 3.63) is 77.4 Å². The minimum Gasteiger partial charge on any atom is -0.481 e. The molecule has 196 valence electrons. The summed E-state index contributed by atoms with van der Waals surface area (Å²) in [6.07, 6.45) is -0.585. The monoisotopic (exact) mass is 509 g/mol. The van der Waals surface area contributed by atoms with Crippen molar-refractivity contribution in [3.63, 3.8) is 0 Å². The first kappa shape index (κ1) is 26.5. The molecule has 0 radical (unpaired) electrons.